The molecule has 4 rings (SSSR count). The lowest BCUT2D eigenvalue weighted by molar-refractivity contribution is -0.132. The maximum Gasteiger partial charge on any atom is 0.251 e. The third kappa shape index (κ3) is 12.8. The maximum atomic E-state index is 13.7. The summed E-state index contributed by atoms with van der Waals surface area (Å²) in [5.74, 6) is -1.97. The Labute approximate surface area is 283 Å². The molecular weight excluding hydrogens is 612 g/mol. The Balaban J connectivity index is 1.87. The van der Waals surface area contributed by atoms with E-state index in [1.807, 2.05) is 44.2 Å². The number of hydrogen-bond acceptors (Lipinski definition) is 6. The predicted molar refractivity (Wildman–Crippen MR) is 182 cm³/mol. The van der Waals surface area contributed by atoms with E-state index in [2.05, 4.69) is 26.6 Å². The van der Waals surface area contributed by atoms with Gasteiger partial charge >= 0.3 is 0 Å². The summed E-state index contributed by atoms with van der Waals surface area (Å²) in [6, 6.07) is 13.4. The molecule has 0 saturated carbocycles. The predicted octanol–water partition coefficient (Wildman–Crippen LogP) is 2.22. The summed E-state index contributed by atoms with van der Waals surface area (Å²) in [5, 5.41) is 14.0. The average molecular weight is 663 g/mol. The number of fused-ring (bicyclic) bond motifs is 18. The van der Waals surface area contributed by atoms with Gasteiger partial charge in [-0.25, -0.2) is 0 Å². The second-order valence-electron chi connectivity index (χ2n) is 12.7. The summed E-state index contributed by atoms with van der Waals surface area (Å²) in [6.45, 7) is 8.43. The Bertz CT molecular complexity index is 1400. The minimum Gasteiger partial charge on any atom is -0.356 e. The molecular formula is C36H50N6O6. The molecule has 2 aliphatic heterocycles. The molecule has 0 aliphatic carbocycles. The number of rotatable bonds is 8. The van der Waals surface area contributed by atoms with Crippen LogP contribution in [-0.2, 0) is 36.9 Å². The van der Waals surface area contributed by atoms with Crippen molar-refractivity contribution in [2.24, 2.45) is 5.92 Å². The minimum atomic E-state index is -0.984. The van der Waals surface area contributed by atoms with Gasteiger partial charge in [0.1, 0.15) is 18.1 Å². The average Bonchev–Trinajstić information content (AvgIpc) is 3.05. The van der Waals surface area contributed by atoms with E-state index < -0.39 is 35.8 Å². The van der Waals surface area contributed by atoms with Gasteiger partial charge in [0.2, 0.25) is 29.5 Å². The first-order chi connectivity index (χ1) is 22.9. The molecule has 12 nitrogen and oxygen atoms in total. The van der Waals surface area contributed by atoms with E-state index in [9.17, 15) is 28.8 Å². The van der Waals surface area contributed by atoms with E-state index >= 15 is 0 Å². The number of amides is 6. The van der Waals surface area contributed by atoms with Crippen LogP contribution in [0.3, 0.4) is 0 Å². The van der Waals surface area contributed by atoms with E-state index in [1.54, 1.807) is 36.1 Å². The van der Waals surface area contributed by atoms with Gasteiger partial charge in [-0.1, -0.05) is 56.3 Å². The van der Waals surface area contributed by atoms with Crippen LogP contribution in [0, 0.1) is 5.92 Å². The van der Waals surface area contributed by atoms with Crippen LogP contribution in [-0.4, -0.2) is 78.1 Å². The van der Waals surface area contributed by atoms with Crippen LogP contribution < -0.4 is 26.6 Å². The number of carbonyl (C=O) groups excluding carboxylic acids is 6. The van der Waals surface area contributed by atoms with Crippen molar-refractivity contribution in [1.29, 1.82) is 0 Å². The van der Waals surface area contributed by atoms with Crippen LogP contribution in [0.5, 0.6) is 0 Å². The van der Waals surface area contributed by atoms with Crippen LogP contribution in [0.25, 0.3) is 0 Å². The molecule has 0 unspecified atom stereocenters. The van der Waals surface area contributed by atoms with Gasteiger partial charge in [-0.2, -0.15) is 0 Å². The molecule has 0 saturated heterocycles. The largest absolute Gasteiger partial charge is 0.356 e. The number of nitrogens with zero attached hydrogens (tertiary/aromatic N) is 1. The van der Waals surface area contributed by atoms with E-state index in [4.69, 9.17) is 0 Å². The molecule has 12 heteroatoms. The van der Waals surface area contributed by atoms with Crippen LogP contribution in [0.1, 0.15) is 81.3 Å². The zero-order valence-corrected chi connectivity index (χ0v) is 28.5. The summed E-state index contributed by atoms with van der Waals surface area (Å²) in [4.78, 5) is 79.5. The normalized spacial score (nSPS) is 20.2. The highest BCUT2D eigenvalue weighted by atomic mass is 16.2. The van der Waals surface area contributed by atoms with Crippen LogP contribution in [0.4, 0.5) is 0 Å². The van der Waals surface area contributed by atoms with Crippen molar-refractivity contribution in [1.82, 2.24) is 31.5 Å². The molecule has 3 atom stereocenters. The van der Waals surface area contributed by atoms with Gasteiger partial charge in [0, 0.05) is 51.5 Å². The molecule has 2 aliphatic rings. The van der Waals surface area contributed by atoms with Crippen molar-refractivity contribution in [3.05, 3.63) is 71.3 Å². The van der Waals surface area contributed by atoms with Gasteiger partial charge < -0.3 is 31.5 Å². The Kier molecular flexibility index (Phi) is 15.1. The number of benzene rings is 2. The highest BCUT2D eigenvalue weighted by Crippen LogP contribution is 2.13. The summed E-state index contributed by atoms with van der Waals surface area (Å²) in [7, 11) is 0. The molecule has 0 spiro atoms. The second-order valence-corrected chi connectivity index (χ2v) is 12.7. The fourth-order valence-corrected chi connectivity index (χ4v) is 5.38. The molecule has 6 amide bonds. The van der Waals surface area contributed by atoms with Crippen molar-refractivity contribution in [3.63, 3.8) is 0 Å². The Hall–Kier alpha value is -4.74. The summed E-state index contributed by atoms with van der Waals surface area (Å²) in [5.41, 5.74) is 2.00. The lowest BCUT2D eigenvalue weighted by Gasteiger charge is -2.25. The summed E-state index contributed by atoms with van der Waals surface area (Å²) < 4.78 is 0. The van der Waals surface area contributed by atoms with Crippen LogP contribution in [0.2, 0.25) is 0 Å². The van der Waals surface area contributed by atoms with E-state index in [0.717, 1.165) is 11.1 Å². The van der Waals surface area contributed by atoms with Gasteiger partial charge in [0.15, 0.2) is 0 Å². The number of hydrogen-bond donors (Lipinski definition) is 5. The maximum absolute atomic E-state index is 13.7. The molecule has 48 heavy (non-hydrogen) atoms. The SMILES string of the molecule is CC(=O)NCCCC(=O)N1CCCCNC(=O)[C@@H](C)NC(=O)[C@H](CC(C)C)NC(=O)[C@@H](Cc2ccccc2)NC(=O)c2ccc(cc2)C1. The molecule has 260 valence electrons. The van der Waals surface area contributed by atoms with Crippen molar-refractivity contribution >= 4 is 35.4 Å². The molecule has 5 N–H and O–H groups in total. The smallest absolute Gasteiger partial charge is 0.251 e. The molecule has 2 heterocycles. The third-order valence-electron chi connectivity index (χ3n) is 8.03. The fourth-order valence-electron chi connectivity index (χ4n) is 5.38. The lowest BCUT2D eigenvalue weighted by atomic mass is 10.0. The molecule has 2 aromatic rings. The van der Waals surface area contributed by atoms with Gasteiger partial charge in [0.05, 0.1) is 0 Å². The highest BCUT2D eigenvalue weighted by molar-refractivity contribution is 5.99. The highest BCUT2D eigenvalue weighted by Gasteiger charge is 2.29. The standard InChI is InChI=1S/C36H50N6O6/c1-24(2)21-30-35(47)39-25(3)33(45)38-18-8-9-20-42(32(44)13-10-19-37-26(4)43)23-28-14-16-29(17-15-28)34(46)40-31(36(48)41-30)22-27-11-6-5-7-12-27/h5-7,11-12,14-17,24-25,30-31H,8-10,13,18-23H2,1-4H3,(H,37,43)(H,38,45)(H,39,47)(H,40,46)(H,41,48)/t25-,30+,31-/m1/s1. The van der Waals surface area contributed by atoms with Crippen LogP contribution >= 0.6 is 0 Å². The Morgan fingerprint density at radius 3 is 2.23 bits per heavy atom. The third-order valence-corrected chi connectivity index (χ3v) is 8.03. The van der Waals surface area contributed by atoms with Gasteiger partial charge in [-0.3, -0.25) is 28.8 Å². The number of carbonyl (C=O) groups is 6. The van der Waals surface area contributed by atoms with E-state index in [1.165, 1.54) is 6.92 Å². The monoisotopic (exact) mass is 662 g/mol. The van der Waals surface area contributed by atoms with E-state index in [-0.39, 0.29) is 36.5 Å². The molecule has 2 bridgehead atoms. The first kappa shape index (κ1) is 37.7. The van der Waals surface area contributed by atoms with Crippen molar-refractivity contribution in [3.8, 4) is 0 Å². The molecule has 0 fully saturated rings. The first-order valence-electron chi connectivity index (χ1n) is 16.8. The van der Waals surface area contributed by atoms with Crippen molar-refractivity contribution in [2.75, 3.05) is 19.6 Å². The Morgan fingerprint density at radius 2 is 1.56 bits per heavy atom. The van der Waals surface area contributed by atoms with Crippen molar-refractivity contribution < 1.29 is 28.8 Å². The quantitative estimate of drug-likeness (QED) is 0.215. The molecule has 0 radical (unpaired) electrons. The summed E-state index contributed by atoms with van der Waals surface area (Å²) >= 11 is 0. The minimum absolute atomic E-state index is 0.0593. The Morgan fingerprint density at radius 1 is 0.875 bits per heavy atom. The fraction of sp³-hybridized carbons (Fsp3) is 0.500. The van der Waals surface area contributed by atoms with E-state index in [0.29, 0.717) is 57.4 Å². The van der Waals surface area contributed by atoms with Crippen LogP contribution in [0.15, 0.2) is 54.6 Å². The zero-order valence-electron chi connectivity index (χ0n) is 28.5. The number of nitrogens with one attached hydrogen (secondary N) is 5. The summed E-state index contributed by atoms with van der Waals surface area (Å²) in [6.07, 6.45) is 2.53. The van der Waals surface area contributed by atoms with Crippen molar-refractivity contribution in [2.45, 2.75) is 90.9 Å². The second kappa shape index (κ2) is 19.2. The molecule has 0 aromatic heterocycles. The lowest BCUT2D eigenvalue weighted by Crippen LogP contribution is -2.57. The van der Waals surface area contributed by atoms with Gasteiger partial charge in [0.25, 0.3) is 5.91 Å². The van der Waals surface area contributed by atoms with Gasteiger partial charge in [-0.05, 0) is 61.8 Å². The first-order valence-corrected chi connectivity index (χ1v) is 16.8. The topological polar surface area (TPSA) is 166 Å². The molecule has 2 aromatic carbocycles. The zero-order chi connectivity index (χ0) is 35.1. The van der Waals surface area contributed by atoms with Gasteiger partial charge in [-0.15, -0.1) is 0 Å².